The summed E-state index contributed by atoms with van der Waals surface area (Å²) >= 11 is 0. The van der Waals surface area contributed by atoms with Crippen LogP contribution >= 0.6 is 0 Å². The Bertz CT molecular complexity index is 974. The van der Waals surface area contributed by atoms with Gasteiger partial charge in [0.1, 0.15) is 11.6 Å². The monoisotopic (exact) mass is 378 g/mol. The van der Waals surface area contributed by atoms with Crippen LogP contribution in [-0.2, 0) is 19.3 Å². The number of benzene rings is 3. The molecule has 0 saturated heterocycles. The van der Waals surface area contributed by atoms with Gasteiger partial charge in [-0.25, -0.2) is 8.78 Å². The molecule has 1 aliphatic rings. The maximum absolute atomic E-state index is 15.3. The average Bonchev–Trinajstić information content (AvgIpc) is 2.71. The van der Waals surface area contributed by atoms with E-state index in [-0.39, 0.29) is 17.6 Å². The molecular formula is C26H28F2. The van der Waals surface area contributed by atoms with Crippen LogP contribution in [0.2, 0.25) is 0 Å². The summed E-state index contributed by atoms with van der Waals surface area (Å²) < 4.78 is 28.8. The lowest BCUT2D eigenvalue weighted by molar-refractivity contribution is 0.535. The van der Waals surface area contributed by atoms with E-state index in [4.69, 9.17) is 0 Å². The van der Waals surface area contributed by atoms with Crippen molar-refractivity contribution in [2.75, 3.05) is 0 Å². The van der Waals surface area contributed by atoms with Gasteiger partial charge in [-0.3, -0.25) is 0 Å². The molecule has 0 heterocycles. The molecule has 0 N–H and O–H groups in total. The molecule has 4 rings (SSSR count). The maximum Gasteiger partial charge on any atom is 0.134 e. The molecule has 3 aromatic rings. The molecule has 1 unspecified atom stereocenters. The first-order valence-corrected chi connectivity index (χ1v) is 10.6. The molecule has 0 bridgehead atoms. The topological polar surface area (TPSA) is 0 Å². The Kier molecular flexibility index (Phi) is 5.75. The highest BCUT2D eigenvalue weighted by Crippen LogP contribution is 2.36. The first kappa shape index (κ1) is 19.1. The molecule has 3 aromatic carbocycles. The van der Waals surface area contributed by atoms with Crippen molar-refractivity contribution in [2.24, 2.45) is 0 Å². The van der Waals surface area contributed by atoms with Gasteiger partial charge in [-0.15, -0.1) is 0 Å². The van der Waals surface area contributed by atoms with Crippen LogP contribution in [0.25, 0.3) is 10.8 Å². The van der Waals surface area contributed by atoms with Gasteiger partial charge in [0.15, 0.2) is 0 Å². The molecule has 0 spiro atoms. The van der Waals surface area contributed by atoms with Crippen LogP contribution in [0.4, 0.5) is 8.78 Å². The molecule has 0 radical (unpaired) electrons. The number of hydrogen-bond acceptors (Lipinski definition) is 0. The van der Waals surface area contributed by atoms with Crippen LogP contribution in [0.3, 0.4) is 0 Å². The number of unbranched alkanes of at least 4 members (excludes halogenated alkanes) is 3. The van der Waals surface area contributed by atoms with Gasteiger partial charge < -0.3 is 0 Å². The predicted molar refractivity (Wildman–Crippen MR) is 113 cm³/mol. The molecule has 0 nitrogen and oxygen atoms in total. The Morgan fingerprint density at radius 2 is 1.79 bits per heavy atom. The zero-order valence-corrected chi connectivity index (χ0v) is 16.6. The first-order valence-electron chi connectivity index (χ1n) is 10.6. The summed E-state index contributed by atoms with van der Waals surface area (Å²) in [6.07, 6.45) is 8.51. The van der Waals surface area contributed by atoms with Gasteiger partial charge in [-0.05, 0) is 77.8 Å². The number of halogens is 2. The summed E-state index contributed by atoms with van der Waals surface area (Å²) in [5.74, 6) is -0.0961. The van der Waals surface area contributed by atoms with Gasteiger partial charge in [-0.2, -0.15) is 0 Å². The Morgan fingerprint density at radius 3 is 2.64 bits per heavy atom. The summed E-state index contributed by atoms with van der Waals surface area (Å²) in [6.45, 7) is 2.22. The van der Waals surface area contributed by atoms with E-state index >= 15 is 4.39 Å². The Hall–Kier alpha value is -2.22. The summed E-state index contributed by atoms with van der Waals surface area (Å²) in [7, 11) is 0. The smallest absolute Gasteiger partial charge is 0.134 e. The van der Waals surface area contributed by atoms with Crippen molar-refractivity contribution in [3.63, 3.8) is 0 Å². The van der Waals surface area contributed by atoms with Crippen LogP contribution in [0.15, 0.2) is 48.5 Å². The lowest BCUT2D eigenvalue weighted by Gasteiger charge is -2.25. The van der Waals surface area contributed by atoms with E-state index in [1.54, 1.807) is 6.07 Å². The second-order valence-corrected chi connectivity index (χ2v) is 8.19. The van der Waals surface area contributed by atoms with Crippen LogP contribution in [0, 0.1) is 11.6 Å². The Labute approximate surface area is 166 Å². The van der Waals surface area contributed by atoms with Crippen molar-refractivity contribution in [3.8, 4) is 0 Å². The summed E-state index contributed by atoms with van der Waals surface area (Å²) in [5, 5.41) is 1.72. The molecule has 0 aromatic heterocycles. The van der Waals surface area contributed by atoms with E-state index in [0.717, 1.165) is 53.1 Å². The molecule has 0 aliphatic heterocycles. The second-order valence-electron chi connectivity index (χ2n) is 8.19. The summed E-state index contributed by atoms with van der Waals surface area (Å²) in [4.78, 5) is 0. The highest BCUT2D eigenvalue weighted by Gasteiger charge is 2.23. The fourth-order valence-corrected chi connectivity index (χ4v) is 4.57. The minimum Gasteiger partial charge on any atom is -0.207 e. The van der Waals surface area contributed by atoms with Crippen LogP contribution in [-0.4, -0.2) is 0 Å². The molecule has 0 saturated carbocycles. The van der Waals surface area contributed by atoms with Gasteiger partial charge in [-0.1, -0.05) is 62.6 Å². The van der Waals surface area contributed by atoms with E-state index < -0.39 is 0 Å². The fraction of sp³-hybridized carbons (Fsp3) is 0.385. The summed E-state index contributed by atoms with van der Waals surface area (Å²) in [6, 6.07) is 15.2. The number of hydrogen-bond donors (Lipinski definition) is 0. The normalized spacial score (nSPS) is 16.3. The third-order valence-electron chi connectivity index (χ3n) is 6.20. The molecule has 1 aliphatic carbocycles. The SMILES string of the molecule is CCCCCCc1ccc2c(F)c(C3CCc4cc(F)ccc4C3)ccc2c1. The quantitative estimate of drug-likeness (QED) is 0.389. The standard InChI is InChI=1S/C26H28F2/c1-2-3-4-5-6-18-7-13-24-21(15-18)11-14-25(26(24)28)22-9-8-20-17-23(27)12-10-19(20)16-22/h7,10-15,17,22H,2-6,8-9,16H2,1H3. The van der Waals surface area contributed by atoms with Crippen LogP contribution in [0.1, 0.15) is 67.2 Å². The second kappa shape index (κ2) is 8.43. The van der Waals surface area contributed by atoms with Crippen LogP contribution in [0.5, 0.6) is 0 Å². The van der Waals surface area contributed by atoms with E-state index in [1.165, 1.54) is 37.3 Å². The Morgan fingerprint density at radius 1 is 0.893 bits per heavy atom. The minimum atomic E-state index is -0.181. The van der Waals surface area contributed by atoms with Gasteiger partial charge in [0, 0.05) is 5.39 Å². The fourth-order valence-electron chi connectivity index (χ4n) is 4.57. The number of aryl methyl sites for hydroxylation is 2. The van der Waals surface area contributed by atoms with Gasteiger partial charge in [0.05, 0.1) is 0 Å². The predicted octanol–water partition coefficient (Wildman–Crippen LogP) is 7.51. The highest BCUT2D eigenvalue weighted by molar-refractivity contribution is 5.84. The minimum absolute atomic E-state index is 0.0782. The van der Waals surface area contributed by atoms with Gasteiger partial charge in [0.25, 0.3) is 0 Å². The zero-order valence-electron chi connectivity index (χ0n) is 16.6. The molecule has 146 valence electrons. The third kappa shape index (κ3) is 3.97. The van der Waals surface area contributed by atoms with E-state index in [2.05, 4.69) is 25.1 Å². The third-order valence-corrected chi connectivity index (χ3v) is 6.20. The average molecular weight is 379 g/mol. The van der Waals surface area contributed by atoms with Crippen LogP contribution < -0.4 is 0 Å². The van der Waals surface area contributed by atoms with E-state index in [9.17, 15) is 4.39 Å². The lowest BCUT2D eigenvalue weighted by atomic mass is 9.79. The van der Waals surface area contributed by atoms with Crippen molar-refractivity contribution in [1.82, 2.24) is 0 Å². The van der Waals surface area contributed by atoms with Crippen molar-refractivity contribution in [3.05, 3.63) is 82.4 Å². The number of rotatable bonds is 6. The van der Waals surface area contributed by atoms with Crippen molar-refractivity contribution >= 4 is 10.8 Å². The van der Waals surface area contributed by atoms with Gasteiger partial charge >= 0.3 is 0 Å². The number of fused-ring (bicyclic) bond motifs is 2. The molecule has 28 heavy (non-hydrogen) atoms. The Balaban J connectivity index is 1.55. The molecule has 2 heteroatoms. The molecule has 1 atom stereocenters. The van der Waals surface area contributed by atoms with Crippen molar-refractivity contribution in [1.29, 1.82) is 0 Å². The van der Waals surface area contributed by atoms with Crippen molar-refractivity contribution in [2.45, 2.75) is 64.2 Å². The maximum atomic E-state index is 15.3. The summed E-state index contributed by atoms with van der Waals surface area (Å²) in [5.41, 5.74) is 4.33. The molecule has 0 amide bonds. The molecular weight excluding hydrogens is 350 g/mol. The molecule has 0 fully saturated rings. The lowest BCUT2D eigenvalue weighted by Crippen LogP contribution is -2.14. The largest absolute Gasteiger partial charge is 0.207 e. The first-order chi connectivity index (χ1) is 13.7. The zero-order chi connectivity index (χ0) is 19.5. The van der Waals surface area contributed by atoms with E-state index in [1.807, 2.05) is 18.2 Å². The van der Waals surface area contributed by atoms with E-state index in [0.29, 0.717) is 0 Å². The van der Waals surface area contributed by atoms with Gasteiger partial charge in [0.2, 0.25) is 0 Å². The highest BCUT2D eigenvalue weighted by atomic mass is 19.1. The van der Waals surface area contributed by atoms with Crippen molar-refractivity contribution < 1.29 is 8.78 Å².